The van der Waals surface area contributed by atoms with E-state index in [2.05, 4.69) is 18.2 Å². The third kappa shape index (κ3) is 2.00. The van der Waals surface area contributed by atoms with Gasteiger partial charge in [0.25, 0.3) is 0 Å². The first-order valence-electron chi connectivity index (χ1n) is 4.85. The molecule has 0 N–H and O–H groups in total. The van der Waals surface area contributed by atoms with E-state index in [0.717, 1.165) is 11.4 Å². The quantitative estimate of drug-likeness (QED) is 0.746. The third-order valence-electron chi connectivity index (χ3n) is 2.38. The fourth-order valence-corrected chi connectivity index (χ4v) is 2.24. The molecule has 0 fully saturated rings. The first kappa shape index (κ1) is 10.5. The van der Waals surface area contributed by atoms with Crippen LogP contribution in [0.15, 0.2) is 24.4 Å². The third-order valence-corrected chi connectivity index (χ3v) is 3.22. The number of aromatic nitrogens is 2. The van der Waals surface area contributed by atoms with Gasteiger partial charge >= 0.3 is 0 Å². The van der Waals surface area contributed by atoms with Gasteiger partial charge in [-0.15, -0.1) is 0 Å². The Morgan fingerprint density at radius 2 is 2.33 bits per heavy atom. The minimum atomic E-state index is -0.261. The fraction of sp³-hybridized carbons (Fsp3) is 0.364. The van der Waals surface area contributed by atoms with Crippen LogP contribution in [0.3, 0.4) is 0 Å². The van der Waals surface area contributed by atoms with Crippen LogP contribution in [0.1, 0.15) is 18.5 Å². The highest BCUT2D eigenvalue weighted by molar-refractivity contribution is 7.98. The molecule has 0 spiro atoms. The number of nitrogens with zero attached hydrogens (tertiary/aromatic N) is 2. The lowest BCUT2D eigenvalue weighted by Gasteiger charge is -2.03. The Balaban J connectivity index is 2.43. The largest absolute Gasteiger partial charge is 0.276 e. The maximum atomic E-state index is 13.4. The van der Waals surface area contributed by atoms with Crippen LogP contribution in [-0.4, -0.2) is 21.4 Å². The molecule has 0 aliphatic heterocycles. The highest BCUT2D eigenvalue weighted by atomic mass is 32.2. The van der Waals surface area contributed by atoms with E-state index in [0.29, 0.717) is 11.6 Å². The second kappa shape index (κ2) is 4.23. The summed E-state index contributed by atoms with van der Waals surface area (Å²) in [5, 5.41) is 0. The van der Waals surface area contributed by atoms with Crippen LogP contribution in [-0.2, 0) is 0 Å². The Morgan fingerprint density at radius 1 is 1.53 bits per heavy atom. The van der Waals surface area contributed by atoms with E-state index < -0.39 is 0 Å². The second-order valence-corrected chi connectivity index (χ2v) is 4.51. The molecule has 0 amide bonds. The molecule has 0 aromatic carbocycles. The van der Waals surface area contributed by atoms with Gasteiger partial charge in [-0.25, -0.2) is 4.98 Å². The van der Waals surface area contributed by atoms with E-state index in [9.17, 15) is 4.39 Å². The number of imidazole rings is 1. The molecule has 15 heavy (non-hydrogen) atoms. The van der Waals surface area contributed by atoms with Gasteiger partial charge in [-0.1, -0.05) is 13.0 Å². The van der Waals surface area contributed by atoms with E-state index in [1.54, 1.807) is 24.0 Å². The van der Waals surface area contributed by atoms with Crippen LogP contribution in [0.5, 0.6) is 0 Å². The minimum absolute atomic E-state index is 0.261. The summed E-state index contributed by atoms with van der Waals surface area (Å²) >= 11 is 1.78. The van der Waals surface area contributed by atoms with Gasteiger partial charge in [-0.05, 0) is 18.4 Å². The second-order valence-electron chi connectivity index (χ2n) is 3.60. The summed E-state index contributed by atoms with van der Waals surface area (Å²) < 4.78 is 14.9. The molecule has 0 saturated carbocycles. The van der Waals surface area contributed by atoms with Crippen molar-refractivity contribution in [3.63, 3.8) is 0 Å². The Bertz CT molecular complexity index is 467. The summed E-state index contributed by atoms with van der Waals surface area (Å²) in [6.45, 7) is 2.11. The molecule has 4 heteroatoms. The number of thioether (sulfide) groups is 1. The lowest BCUT2D eigenvalue weighted by Crippen LogP contribution is -1.96. The number of fused-ring (bicyclic) bond motifs is 1. The van der Waals surface area contributed by atoms with Gasteiger partial charge in [0, 0.05) is 17.9 Å². The van der Waals surface area contributed by atoms with E-state index >= 15 is 0 Å². The molecule has 2 heterocycles. The molecule has 0 radical (unpaired) electrons. The maximum Gasteiger partial charge on any atom is 0.199 e. The molecule has 2 rings (SSSR count). The van der Waals surface area contributed by atoms with Gasteiger partial charge in [-0.3, -0.25) is 4.40 Å². The molecule has 80 valence electrons. The van der Waals surface area contributed by atoms with Crippen molar-refractivity contribution in [3.05, 3.63) is 36.0 Å². The number of halogens is 1. The van der Waals surface area contributed by atoms with Crippen molar-refractivity contribution in [2.24, 2.45) is 0 Å². The Labute approximate surface area is 92.5 Å². The summed E-state index contributed by atoms with van der Waals surface area (Å²) in [6.07, 6.45) is 3.85. The van der Waals surface area contributed by atoms with Crippen LogP contribution in [0.25, 0.3) is 5.65 Å². The molecule has 0 aliphatic carbocycles. The molecule has 0 saturated heterocycles. The monoisotopic (exact) mass is 224 g/mol. The molecule has 1 unspecified atom stereocenters. The topological polar surface area (TPSA) is 17.3 Å². The SMILES string of the molecule is CSCC(C)c1cn2c(F)cccc2n1. The van der Waals surface area contributed by atoms with Crippen LogP contribution < -0.4 is 0 Å². The number of hydrogen-bond acceptors (Lipinski definition) is 2. The Hall–Kier alpha value is -1.03. The Morgan fingerprint density at radius 3 is 3.00 bits per heavy atom. The lowest BCUT2D eigenvalue weighted by atomic mass is 10.1. The van der Waals surface area contributed by atoms with Gasteiger partial charge in [0.1, 0.15) is 5.65 Å². The molecule has 2 nitrogen and oxygen atoms in total. The van der Waals surface area contributed by atoms with E-state index in [-0.39, 0.29) is 5.95 Å². The van der Waals surface area contributed by atoms with Crippen molar-refractivity contribution >= 4 is 17.4 Å². The van der Waals surface area contributed by atoms with Crippen molar-refractivity contribution in [3.8, 4) is 0 Å². The predicted molar refractivity (Wildman–Crippen MR) is 61.9 cm³/mol. The summed E-state index contributed by atoms with van der Waals surface area (Å²) in [5.74, 6) is 1.10. The van der Waals surface area contributed by atoms with E-state index in [1.165, 1.54) is 10.5 Å². The van der Waals surface area contributed by atoms with Crippen molar-refractivity contribution in [2.45, 2.75) is 12.8 Å². The van der Waals surface area contributed by atoms with Gasteiger partial charge in [-0.2, -0.15) is 16.2 Å². The molecule has 2 aromatic rings. The van der Waals surface area contributed by atoms with Crippen molar-refractivity contribution in [1.29, 1.82) is 0 Å². The molecular formula is C11H13FN2S. The van der Waals surface area contributed by atoms with E-state index in [1.807, 2.05) is 6.07 Å². The smallest absolute Gasteiger partial charge is 0.199 e. The summed E-state index contributed by atoms with van der Waals surface area (Å²) in [6, 6.07) is 4.94. The minimum Gasteiger partial charge on any atom is -0.276 e. The number of rotatable bonds is 3. The average Bonchev–Trinajstić information content (AvgIpc) is 2.63. The van der Waals surface area contributed by atoms with Crippen molar-refractivity contribution in [1.82, 2.24) is 9.38 Å². The molecule has 0 aliphatic rings. The zero-order valence-electron chi connectivity index (χ0n) is 8.77. The summed E-state index contributed by atoms with van der Waals surface area (Å²) in [4.78, 5) is 4.40. The number of hydrogen-bond donors (Lipinski definition) is 0. The normalized spacial score (nSPS) is 13.3. The zero-order valence-corrected chi connectivity index (χ0v) is 9.59. The van der Waals surface area contributed by atoms with Gasteiger partial charge in [0.2, 0.25) is 0 Å². The average molecular weight is 224 g/mol. The summed E-state index contributed by atoms with van der Waals surface area (Å²) in [5.41, 5.74) is 1.63. The van der Waals surface area contributed by atoms with Crippen LogP contribution >= 0.6 is 11.8 Å². The van der Waals surface area contributed by atoms with Gasteiger partial charge < -0.3 is 0 Å². The van der Waals surface area contributed by atoms with Crippen LogP contribution in [0.2, 0.25) is 0 Å². The molecular weight excluding hydrogens is 211 g/mol. The maximum absolute atomic E-state index is 13.4. The number of pyridine rings is 1. The van der Waals surface area contributed by atoms with Gasteiger partial charge in [0.05, 0.1) is 5.69 Å². The Kier molecular flexibility index (Phi) is 2.95. The zero-order chi connectivity index (χ0) is 10.8. The predicted octanol–water partition coefficient (Wildman–Crippen LogP) is 2.94. The van der Waals surface area contributed by atoms with Crippen LogP contribution in [0.4, 0.5) is 4.39 Å². The molecule has 1 atom stereocenters. The van der Waals surface area contributed by atoms with E-state index in [4.69, 9.17) is 0 Å². The summed E-state index contributed by atoms with van der Waals surface area (Å²) in [7, 11) is 0. The fourth-order valence-electron chi connectivity index (χ4n) is 1.57. The first-order valence-corrected chi connectivity index (χ1v) is 6.24. The van der Waals surface area contributed by atoms with Crippen LogP contribution in [0, 0.1) is 5.95 Å². The lowest BCUT2D eigenvalue weighted by molar-refractivity contribution is 0.567. The highest BCUT2D eigenvalue weighted by Crippen LogP contribution is 2.19. The van der Waals surface area contributed by atoms with Crippen molar-refractivity contribution < 1.29 is 4.39 Å². The van der Waals surface area contributed by atoms with Crippen molar-refractivity contribution in [2.75, 3.05) is 12.0 Å². The molecule has 0 bridgehead atoms. The molecule has 2 aromatic heterocycles. The first-order chi connectivity index (χ1) is 7.22. The highest BCUT2D eigenvalue weighted by Gasteiger charge is 2.10. The van der Waals surface area contributed by atoms with Gasteiger partial charge in [0.15, 0.2) is 5.95 Å². The standard InChI is InChI=1S/C11H13FN2S/c1-8(7-15-2)9-6-14-10(12)4-3-5-11(14)13-9/h3-6,8H,7H2,1-2H3.